The van der Waals surface area contributed by atoms with Crippen molar-refractivity contribution in [3.8, 4) is 0 Å². The SMILES string of the molecule is Cc1ccccc1C(C)NC(C)c1cnn(C)c1C. The molecule has 2 aromatic rings. The van der Waals surface area contributed by atoms with Crippen LogP contribution in [-0.4, -0.2) is 9.78 Å². The molecule has 0 aliphatic heterocycles. The monoisotopic (exact) mass is 257 g/mol. The Morgan fingerprint density at radius 3 is 2.26 bits per heavy atom. The Kier molecular flexibility index (Phi) is 4.05. The number of rotatable bonds is 4. The van der Waals surface area contributed by atoms with Crippen LogP contribution in [0.5, 0.6) is 0 Å². The first-order chi connectivity index (χ1) is 9.00. The number of hydrogen-bond donors (Lipinski definition) is 1. The minimum atomic E-state index is 0.295. The molecular formula is C16H23N3. The van der Waals surface area contributed by atoms with Crippen molar-refractivity contribution in [2.24, 2.45) is 7.05 Å². The predicted molar refractivity (Wildman–Crippen MR) is 79.1 cm³/mol. The number of nitrogens with zero attached hydrogens (tertiary/aromatic N) is 2. The zero-order valence-electron chi connectivity index (χ0n) is 12.4. The molecule has 1 N–H and O–H groups in total. The minimum Gasteiger partial charge on any atom is -0.304 e. The Hall–Kier alpha value is -1.61. The van der Waals surface area contributed by atoms with Crippen LogP contribution in [0, 0.1) is 13.8 Å². The van der Waals surface area contributed by atoms with Crippen LogP contribution >= 0.6 is 0 Å². The quantitative estimate of drug-likeness (QED) is 0.909. The highest BCUT2D eigenvalue weighted by molar-refractivity contribution is 5.29. The first kappa shape index (κ1) is 13.8. The van der Waals surface area contributed by atoms with Gasteiger partial charge in [0.1, 0.15) is 0 Å². The number of aryl methyl sites for hydroxylation is 2. The Morgan fingerprint density at radius 2 is 1.68 bits per heavy atom. The molecule has 0 bridgehead atoms. The largest absolute Gasteiger partial charge is 0.304 e. The molecule has 3 nitrogen and oxygen atoms in total. The third-order valence-corrected chi connectivity index (χ3v) is 3.89. The summed E-state index contributed by atoms with van der Waals surface area (Å²) in [6.45, 7) is 8.68. The van der Waals surface area contributed by atoms with Gasteiger partial charge >= 0.3 is 0 Å². The zero-order chi connectivity index (χ0) is 14.0. The van der Waals surface area contributed by atoms with E-state index >= 15 is 0 Å². The average Bonchev–Trinajstić information content (AvgIpc) is 2.70. The lowest BCUT2D eigenvalue weighted by Crippen LogP contribution is -2.23. The summed E-state index contributed by atoms with van der Waals surface area (Å²) in [4.78, 5) is 0. The normalized spacial score (nSPS) is 14.4. The molecule has 1 heterocycles. The van der Waals surface area contributed by atoms with E-state index < -0.39 is 0 Å². The second kappa shape index (κ2) is 5.57. The summed E-state index contributed by atoms with van der Waals surface area (Å²) in [6, 6.07) is 9.16. The molecule has 2 unspecified atom stereocenters. The Bertz CT molecular complexity index is 557. The van der Waals surface area contributed by atoms with Gasteiger partial charge in [-0.3, -0.25) is 4.68 Å². The van der Waals surface area contributed by atoms with Gasteiger partial charge in [0.15, 0.2) is 0 Å². The van der Waals surface area contributed by atoms with Crippen molar-refractivity contribution in [3.05, 3.63) is 52.8 Å². The number of nitrogens with one attached hydrogen (secondary N) is 1. The fourth-order valence-electron chi connectivity index (χ4n) is 2.57. The van der Waals surface area contributed by atoms with Gasteiger partial charge in [0.25, 0.3) is 0 Å². The molecule has 102 valence electrons. The minimum absolute atomic E-state index is 0.295. The smallest absolute Gasteiger partial charge is 0.0540 e. The average molecular weight is 257 g/mol. The van der Waals surface area contributed by atoms with Crippen molar-refractivity contribution in [1.29, 1.82) is 0 Å². The second-order valence-corrected chi connectivity index (χ2v) is 5.28. The van der Waals surface area contributed by atoms with E-state index in [0.717, 1.165) is 0 Å². The maximum atomic E-state index is 4.31. The van der Waals surface area contributed by atoms with Crippen LogP contribution in [-0.2, 0) is 7.05 Å². The maximum absolute atomic E-state index is 4.31. The van der Waals surface area contributed by atoms with E-state index in [2.05, 4.69) is 62.4 Å². The van der Waals surface area contributed by atoms with Crippen molar-refractivity contribution in [2.75, 3.05) is 0 Å². The third-order valence-electron chi connectivity index (χ3n) is 3.89. The van der Waals surface area contributed by atoms with Gasteiger partial charge in [0.2, 0.25) is 0 Å². The molecule has 0 aliphatic rings. The van der Waals surface area contributed by atoms with Gasteiger partial charge in [0, 0.05) is 30.4 Å². The first-order valence-corrected chi connectivity index (χ1v) is 6.80. The van der Waals surface area contributed by atoms with Crippen LogP contribution in [0.15, 0.2) is 30.5 Å². The lowest BCUT2D eigenvalue weighted by molar-refractivity contribution is 0.491. The molecule has 0 fully saturated rings. The summed E-state index contributed by atoms with van der Waals surface area (Å²) < 4.78 is 1.92. The highest BCUT2D eigenvalue weighted by Crippen LogP contribution is 2.23. The summed E-state index contributed by atoms with van der Waals surface area (Å²) in [5, 5.41) is 7.97. The van der Waals surface area contributed by atoms with E-state index in [-0.39, 0.29) is 0 Å². The van der Waals surface area contributed by atoms with Gasteiger partial charge in [-0.1, -0.05) is 24.3 Å². The molecule has 3 heteroatoms. The fourth-order valence-corrected chi connectivity index (χ4v) is 2.57. The molecule has 0 radical (unpaired) electrons. The molecule has 0 saturated heterocycles. The van der Waals surface area contributed by atoms with E-state index in [4.69, 9.17) is 0 Å². The van der Waals surface area contributed by atoms with Crippen molar-refractivity contribution < 1.29 is 0 Å². The third kappa shape index (κ3) is 2.87. The topological polar surface area (TPSA) is 29.9 Å². The molecule has 2 rings (SSSR count). The molecule has 0 amide bonds. The van der Waals surface area contributed by atoms with Crippen molar-refractivity contribution in [2.45, 2.75) is 39.8 Å². The van der Waals surface area contributed by atoms with Crippen LogP contribution in [0.4, 0.5) is 0 Å². The van der Waals surface area contributed by atoms with E-state index in [1.807, 2.05) is 17.9 Å². The van der Waals surface area contributed by atoms with E-state index in [1.54, 1.807) is 0 Å². The van der Waals surface area contributed by atoms with Gasteiger partial charge in [0.05, 0.1) is 6.20 Å². The van der Waals surface area contributed by atoms with Gasteiger partial charge in [-0.2, -0.15) is 5.10 Å². The molecular weight excluding hydrogens is 234 g/mol. The standard InChI is InChI=1S/C16H23N3/c1-11-8-6-7-9-15(11)12(2)18-13(3)16-10-17-19(5)14(16)4/h6-10,12-13,18H,1-5H3. The molecule has 0 aliphatic carbocycles. The molecule has 0 saturated carbocycles. The number of benzene rings is 1. The first-order valence-electron chi connectivity index (χ1n) is 6.80. The fraction of sp³-hybridized carbons (Fsp3) is 0.438. The predicted octanol–water partition coefficient (Wildman–Crippen LogP) is 3.45. The van der Waals surface area contributed by atoms with Gasteiger partial charge < -0.3 is 5.32 Å². The number of aromatic nitrogens is 2. The summed E-state index contributed by atoms with van der Waals surface area (Å²) >= 11 is 0. The zero-order valence-corrected chi connectivity index (χ0v) is 12.4. The van der Waals surface area contributed by atoms with Crippen LogP contribution in [0.2, 0.25) is 0 Å². The van der Waals surface area contributed by atoms with Crippen molar-refractivity contribution in [1.82, 2.24) is 15.1 Å². The Morgan fingerprint density at radius 1 is 1.05 bits per heavy atom. The van der Waals surface area contributed by atoms with Crippen LogP contribution in [0.3, 0.4) is 0 Å². The van der Waals surface area contributed by atoms with E-state index in [9.17, 15) is 0 Å². The van der Waals surface area contributed by atoms with Crippen LogP contribution in [0.1, 0.15) is 48.3 Å². The van der Waals surface area contributed by atoms with Crippen molar-refractivity contribution in [3.63, 3.8) is 0 Å². The summed E-state index contributed by atoms with van der Waals surface area (Å²) in [5.41, 5.74) is 5.17. The second-order valence-electron chi connectivity index (χ2n) is 5.28. The van der Waals surface area contributed by atoms with Crippen LogP contribution in [0.25, 0.3) is 0 Å². The lowest BCUT2D eigenvalue weighted by atomic mass is 10.0. The maximum Gasteiger partial charge on any atom is 0.0540 e. The summed E-state index contributed by atoms with van der Waals surface area (Å²) in [6.07, 6.45) is 1.96. The Labute approximate surface area is 115 Å². The highest BCUT2D eigenvalue weighted by Gasteiger charge is 2.15. The molecule has 19 heavy (non-hydrogen) atoms. The molecule has 1 aromatic carbocycles. The van der Waals surface area contributed by atoms with E-state index in [0.29, 0.717) is 12.1 Å². The summed E-state index contributed by atoms with van der Waals surface area (Å²) in [5.74, 6) is 0. The molecule has 0 spiro atoms. The molecule has 1 aromatic heterocycles. The van der Waals surface area contributed by atoms with Gasteiger partial charge in [-0.05, 0) is 38.8 Å². The lowest BCUT2D eigenvalue weighted by Gasteiger charge is -2.21. The van der Waals surface area contributed by atoms with Gasteiger partial charge in [-0.15, -0.1) is 0 Å². The van der Waals surface area contributed by atoms with Crippen molar-refractivity contribution >= 4 is 0 Å². The van der Waals surface area contributed by atoms with Crippen LogP contribution < -0.4 is 5.32 Å². The van der Waals surface area contributed by atoms with Gasteiger partial charge in [-0.25, -0.2) is 0 Å². The summed E-state index contributed by atoms with van der Waals surface area (Å²) in [7, 11) is 1.98. The number of hydrogen-bond acceptors (Lipinski definition) is 2. The molecule has 2 atom stereocenters. The Balaban J connectivity index is 2.13. The highest BCUT2D eigenvalue weighted by atomic mass is 15.3. The van der Waals surface area contributed by atoms with E-state index in [1.165, 1.54) is 22.4 Å².